The average molecular weight is 505 g/mol. The molecule has 2 aliphatic heterocycles. The van der Waals surface area contributed by atoms with E-state index in [1.165, 1.54) is 0 Å². The predicted molar refractivity (Wildman–Crippen MR) is 132 cm³/mol. The van der Waals surface area contributed by atoms with Gasteiger partial charge in [0.05, 0.1) is 30.0 Å². The Hall–Kier alpha value is -0.990. The summed E-state index contributed by atoms with van der Waals surface area (Å²) in [5.74, 6) is 0.627. The van der Waals surface area contributed by atoms with Crippen LogP contribution in [0.25, 0.3) is 0 Å². The van der Waals surface area contributed by atoms with Crippen molar-refractivity contribution in [3.8, 4) is 0 Å². The van der Waals surface area contributed by atoms with E-state index in [0.717, 1.165) is 56.9 Å². The summed E-state index contributed by atoms with van der Waals surface area (Å²) in [5, 5.41) is 34.0. The highest BCUT2D eigenvalue weighted by Gasteiger charge is 2.70. The molecule has 7 nitrogen and oxygen atoms in total. The fraction of sp³-hybridized carbons (Fsp3) is 0.897. The molecule has 3 N–H and O–H groups in total. The van der Waals surface area contributed by atoms with E-state index >= 15 is 0 Å². The van der Waals surface area contributed by atoms with Gasteiger partial charge in [-0.3, -0.25) is 0 Å². The van der Waals surface area contributed by atoms with Crippen LogP contribution in [-0.4, -0.2) is 64.2 Å². The molecule has 4 saturated carbocycles. The van der Waals surface area contributed by atoms with Crippen LogP contribution in [0.3, 0.4) is 0 Å². The van der Waals surface area contributed by atoms with Crippen LogP contribution in [0.1, 0.15) is 85.0 Å². The molecule has 2 heterocycles. The molecule has 36 heavy (non-hydrogen) atoms. The van der Waals surface area contributed by atoms with Gasteiger partial charge in [-0.2, -0.15) is 0 Å². The van der Waals surface area contributed by atoms with E-state index in [2.05, 4.69) is 13.8 Å². The normalized spacial score (nSPS) is 54.8. The number of hydrogen-bond donors (Lipinski definition) is 3. The molecular formula is C29H44O7. The summed E-state index contributed by atoms with van der Waals surface area (Å²) in [6.45, 7) is 6.67. The Labute approximate surface area is 214 Å². The van der Waals surface area contributed by atoms with Crippen LogP contribution in [0.2, 0.25) is 0 Å². The van der Waals surface area contributed by atoms with Crippen molar-refractivity contribution in [1.29, 1.82) is 0 Å². The number of esters is 1. The van der Waals surface area contributed by atoms with Crippen LogP contribution in [0.4, 0.5) is 0 Å². The minimum Gasteiger partial charge on any atom is -0.458 e. The molecular weight excluding hydrogens is 460 g/mol. The Bertz CT molecular complexity index is 919. The van der Waals surface area contributed by atoms with E-state index in [4.69, 9.17) is 14.2 Å². The average Bonchev–Trinajstić information content (AvgIpc) is 3.38. The van der Waals surface area contributed by atoms with E-state index in [-0.39, 0.29) is 47.6 Å². The van der Waals surface area contributed by atoms with Crippen LogP contribution in [0.15, 0.2) is 11.6 Å². The van der Waals surface area contributed by atoms with Gasteiger partial charge in [-0.15, -0.1) is 0 Å². The quantitative estimate of drug-likeness (QED) is 0.399. The summed E-state index contributed by atoms with van der Waals surface area (Å²) in [6.07, 6.45) is 8.99. The SMILES string of the molecule is C[C@@H]1O[C@@H](O[C@H]2CC[C@@]3(C)[C@H](CC[C@@H]4[C@@H]3C[C@@H](O)[C@]3(C)[C@@H](C5=CC(=O)OC5)CC[C@]43O)C2)CC[C@H]1O. The highest BCUT2D eigenvalue weighted by Crippen LogP contribution is 2.70. The second kappa shape index (κ2) is 8.77. The van der Waals surface area contributed by atoms with Crippen LogP contribution in [0, 0.1) is 34.5 Å². The second-order valence-corrected chi connectivity index (χ2v) is 13.3. The molecule has 0 spiro atoms. The highest BCUT2D eigenvalue weighted by molar-refractivity contribution is 5.85. The molecule has 0 amide bonds. The van der Waals surface area contributed by atoms with Gasteiger partial charge in [0.25, 0.3) is 0 Å². The zero-order valence-corrected chi connectivity index (χ0v) is 22.0. The number of rotatable bonds is 3. The monoisotopic (exact) mass is 504 g/mol. The molecule has 6 rings (SSSR count). The number of ether oxygens (including phenoxy) is 3. The first kappa shape index (κ1) is 25.3. The van der Waals surface area contributed by atoms with Crippen molar-refractivity contribution in [2.75, 3.05) is 6.61 Å². The number of carbonyl (C=O) groups excluding carboxylic acids is 1. The van der Waals surface area contributed by atoms with Crippen LogP contribution >= 0.6 is 0 Å². The van der Waals surface area contributed by atoms with E-state index < -0.39 is 23.2 Å². The topological polar surface area (TPSA) is 105 Å². The van der Waals surface area contributed by atoms with Crippen molar-refractivity contribution in [2.24, 2.45) is 34.5 Å². The summed E-state index contributed by atoms with van der Waals surface area (Å²) in [6, 6.07) is 0. The van der Waals surface area contributed by atoms with Crippen LogP contribution in [-0.2, 0) is 19.0 Å². The fourth-order valence-corrected chi connectivity index (χ4v) is 9.73. The lowest BCUT2D eigenvalue weighted by Crippen LogP contribution is -2.67. The standard InChI is InChI=1S/C29H44O7/c1-16-23(30)6-7-26(35-16)36-19-8-10-27(2)18(13-19)4-5-21-22(27)14-24(31)28(3)20(9-11-29(21,28)33)17-12-25(32)34-15-17/h12,16,18-24,26,30-31,33H,4-11,13-15H2,1-3H3/t16-,18+,19-,20+,21+,22-,23+,24+,26-,27-,28-,29-/m0/s1. The van der Waals surface area contributed by atoms with Crippen molar-refractivity contribution >= 4 is 5.97 Å². The molecule has 1 saturated heterocycles. The van der Waals surface area contributed by atoms with Crippen LogP contribution < -0.4 is 0 Å². The maximum atomic E-state index is 12.4. The summed E-state index contributed by atoms with van der Waals surface area (Å²) >= 11 is 0. The maximum absolute atomic E-state index is 12.4. The Kier molecular flexibility index (Phi) is 6.16. The van der Waals surface area contributed by atoms with E-state index in [1.807, 2.05) is 6.92 Å². The Morgan fingerprint density at radius 2 is 1.81 bits per heavy atom. The Balaban J connectivity index is 1.19. The zero-order valence-electron chi connectivity index (χ0n) is 22.0. The summed E-state index contributed by atoms with van der Waals surface area (Å²) in [7, 11) is 0. The second-order valence-electron chi connectivity index (χ2n) is 13.3. The van der Waals surface area contributed by atoms with E-state index in [9.17, 15) is 20.1 Å². The number of aliphatic hydroxyl groups is 3. The first-order valence-corrected chi connectivity index (χ1v) is 14.3. The van der Waals surface area contributed by atoms with Gasteiger partial charge in [0.1, 0.15) is 6.61 Å². The van der Waals surface area contributed by atoms with E-state index in [0.29, 0.717) is 25.4 Å². The molecule has 0 unspecified atom stereocenters. The Morgan fingerprint density at radius 3 is 2.53 bits per heavy atom. The van der Waals surface area contributed by atoms with Gasteiger partial charge < -0.3 is 29.5 Å². The van der Waals surface area contributed by atoms with Gasteiger partial charge in [0, 0.05) is 17.9 Å². The van der Waals surface area contributed by atoms with Crippen molar-refractivity contribution < 1.29 is 34.3 Å². The first-order chi connectivity index (χ1) is 17.1. The fourth-order valence-electron chi connectivity index (χ4n) is 9.73. The molecule has 0 aromatic carbocycles. The number of hydrogen-bond acceptors (Lipinski definition) is 7. The molecule has 7 heteroatoms. The lowest BCUT2D eigenvalue weighted by atomic mass is 9.42. The molecule has 6 aliphatic rings. The van der Waals surface area contributed by atoms with Crippen LogP contribution in [0.5, 0.6) is 0 Å². The van der Waals surface area contributed by atoms with Gasteiger partial charge in [-0.1, -0.05) is 13.8 Å². The van der Waals surface area contributed by atoms with E-state index in [1.54, 1.807) is 6.08 Å². The number of carbonyl (C=O) groups is 1. The van der Waals surface area contributed by atoms with Crippen molar-refractivity contribution in [2.45, 2.75) is 121 Å². The zero-order chi connectivity index (χ0) is 25.5. The number of cyclic esters (lactones) is 1. The first-order valence-electron chi connectivity index (χ1n) is 14.3. The molecule has 0 aromatic heterocycles. The molecule has 5 fully saturated rings. The minimum atomic E-state index is -0.930. The van der Waals surface area contributed by atoms with Gasteiger partial charge in [0.2, 0.25) is 0 Å². The predicted octanol–water partition coefficient (Wildman–Crippen LogP) is 3.49. The molecule has 12 atom stereocenters. The maximum Gasteiger partial charge on any atom is 0.331 e. The third-order valence-corrected chi connectivity index (χ3v) is 12.0. The molecule has 202 valence electrons. The third kappa shape index (κ3) is 3.59. The van der Waals surface area contributed by atoms with Gasteiger partial charge in [-0.05, 0) is 99.4 Å². The summed E-state index contributed by atoms with van der Waals surface area (Å²) < 4.78 is 17.5. The minimum absolute atomic E-state index is 0.0176. The molecule has 0 radical (unpaired) electrons. The molecule has 0 bridgehead atoms. The third-order valence-electron chi connectivity index (χ3n) is 12.0. The van der Waals surface area contributed by atoms with Crippen molar-refractivity contribution in [3.63, 3.8) is 0 Å². The van der Waals surface area contributed by atoms with Gasteiger partial charge >= 0.3 is 5.97 Å². The van der Waals surface area contributed by atoms with Gasteiger partial charge in [-0.25, -0.2) is 4.79 Å². The molecule has 4 aliphatic carbocycles. The van der Waals surface area contributed by atoms with Crippen molar-refractivity contribution in [3.05, 3.63) is 11.6 Å². The smallest absolute Gasteiger partial charge is 0.331 e. The highest BCUT2D eigenvalue weighted by atomic mass is 16.7. The number of fused-ring (bicyclic) bond motifs is 5. The largest absolute Gasteiger partial charge is 0.458 e. The lowest BCUT2D eigenvalue weighted by molar-refractivity contribution is -0.262. The summed E-state index contributed by atoms with van der Waals surface area (Å²) in [4.78, 5) is 11.8. The summed E-state index contributed by atoms with van der Waals surface area (Å²) in [5.41, 5.74) is -0.570. The number of aliphatic hydroxyl groups excluding tert-OH is 2. The van der Waals surface area contributed by atoms with Crippen molar-refractivity contribution in [1.82, 2.24) is 0 Å². The molecule has 0 aromatic rings. The van der Waals surface area contributed by atoms with Gasteiger partial charge in [0.15, 0.2) is 6.29 Å². The Morgan fingerprint density at radius 1 is 1.00 bits per heavy atom. The lowest BCUT2D eigenvalue weighted by Gasteiger charge is -2.65.